The van der Waals surface area contributed by atoms with Gasteiger partial charge in [0.05, 0.1) is 17.8 Å². The summed E-state index contributed by atoms with van der Waals surface area (Å²) in [4.78, 5) is 0. The molecule has 0 aromatic rings. The highest BCUT2D eigenvalue weighted by Gasteiger charge is 2.67. The van der Waals surface area contributed by atoms with Gasteiger partial charge in [-0.3, -0.25) is 0 Å². The molecule has 0 aliphatic heterocycles. The summed E-state index contributed by atoms with van der Waals surface area (Å²) >= 11 is 0. The van der Waals surface area contributed by atoms with E-state index in [1.165, 1.54) is 44.9 Å². The second-order valence-corrected chi connectivity index (χ2v) is 10.8. The standard InChI is InChI=1S/C23H40O3/c1-4-5-6-15-7-8-18-17-13-20(25)23(26)14-16(24)9-12-22(23,3)19(17)10-11-21(15,18)2/h15-20,24-26H,4-14H2,1-3H3/t15?,16-,17-,18-,19-,20+,21+,22+,23-/m0/s1. The van der Waals surface area contributed by atoms with Crippen molar-refractivity contribution >= 4 is 0 Å². The molecule has 0 amide bonds. The zero-order valence-electron chi connectivity index (χ0n) is 17.1. The number of rotatable bonds is 3. The van der Waals surface area contributed by atoms with Gasteiger partial charge in [-0.05, 0) is 80.5 Å². The minimum absolute atomic E-state index is 0.239. The Bertz CT molecular complexity index is 536. The van der Waals surface area contributed by atoms with Gasteiger partial charge < -0.3 is 15.3 Å². The number of unbranched alkanes of at least 4 members (excludes halogenated alkanes) is 1. The van der Waals surface area contributed by atoms with E-state index in [9.17, 15) is 15.3 Å². The first-order valence-corrected chi connectivity index (χ1v) is 11.3. The van der Waals surface area contributed by atoms with Crippen molar-refractivity contribution in [2.24, 2.45) is 34.5 Å². The molecule has 0 aromatic carbocycles. The lowest BCUT2D eigenvalue weighted by atomic mass is 9.42. The van der Waals surface area contributed by atoms with Crippen LogP contribution in [-0.4, -0.2) is 33.1 Å². The topological polar surface area (TPSA) is 60.7 Å². The summed E-state index contributed by atoms with van der Waals surface area (Å²) in [5.74, 6) is 2.63. The van der Waals surface area contributed by atoms with Gasteiger partial charge in [0.25, 0.3) is 0 Å². The molecule has 3 N–H and O–H groups in total. The summed E-state index contributed by atoms with van der Waals surface area (Å²) in [5.41, 5.74) is -0.896. The second kappa shape index (κ2) is 6.46. The van der Waals surface area contributed by atoms with Crippen molar-refractivity contribution in [1.82, 2.24) is 0 Å². The minimum atomic E-state index is -1.10. The molecule has 4 saturated carbocycles. The van der Waals surface area contributed by atoms with Crippen LogP contribution in [0, 0.1) is 34.5 Å². The number of aliphatic hydroxyl groups is 3. The van der Waals surface area contributed by atoms with Crippen molar-refractivity contribution in [2.45, 2.75) is 109 Å². The maximum atomic E-state index is 11.5. The summed E-state index contributed by atoms with van der Waals surface area (Å²) < 4.78 is 0. The molecule has 4 rings (SSSR count). The summed E-state index contributed by atoms with van der Waals surface area (Å²) in [6.45, 7) is 7.06. The molecule has 0 aromatic heterocycles. The monoisotopic (exact) mass is 364 g/mol. The van der Waals surface area contributed by atoms with Gasteiger partial charge in [0.15, 0.2) is 0 Å². The van der Waals surface area contributed by atoms with Crippen molar-refractivity contribution in [3.8, 4) is 0 Å². The number of aliphatic hydroxyl groups excluding tert-OH is 2. The zero-order chi connectivity index (χ0) is 18.7. The number of hydrogen-bond acceptors (Lipinski definition) is 3. The van der Waals surface area contributed by atoms with E-state index in [0.29, 0.717) is 29.6 Å². The average molecular weight is 365 g/mol. The summed E-state index contributed by atoms with van der Waals surface area (Å²) in [7, 11) is 0. The SMILES string of the molecule is CCCCC1CC[C@H]2[C@@H]3C[C@@H](O)[C@@]4(O)C[C@@H](O)CC[C@]4(C)[C@H]3CC[C@]12C. The van der Waals surface area contributed by atoms with E-state index in [2.05, 4.69) is 20.8 Å². The molecule has 0 heterocycles. The Kier molecular flexibility index (Phi) is 4.77. The highest BCUT2D eigenvalue weighted by Crippen LogP contribution is 2.68. The van der Waals surface area contributed by atoms with Crippen molar-refractivity contribution in [3.63, 3.8) is 0 Å². The Morgan fingerprint density at radius 2 is 1.73 bits per heavy atom. The molecule has 0 radical (unpaired) electrons. The van der Waals surface area contributed by atoms with Crippen LogP contribution in [0.25, 0.3) is 0 Å². The molecule has 26 heavy (non-hydrogen) atoms. The highest BCUT2D eigenvalue weighted by molar-refractivity contribution is 5.16. The molecule has 9 atom stereocenters. The lowest BCUT2D eigenvalue weighted by Crippen LogP contribution is -2.68. The third-order valence-electron chi connectivity index (χ3n) is 9.94. The molecule has 0 bridgehead atoms. The molecular weight excluding hydrogens is 324 g/mol. The van der Waals surface area contributed by atoms with Crippen molar-refractivity contribution in [3.05, 3.63) is 0 Å². The van der Waals surface area contributed by atoms with Crippen LogP contribution in [-0.2, 0) is 0 Å². The van der Waals surface area contributed by atoms with Gasteiger partial charge in [-0.2, -0.15) is 0 Å². The molecule has 0 spiro atoms. The largest absolute Gasteiger partial charge is 0.393 e. The molecule has 3 heteroatoms. The average Bonchev–Trinajstić information content (AvgIpc) is 2.93. The van der Waals surface area contributed by atoms with Gasteiger partial charge >= 0.3 is 0 Å². The van der Waals surface area contributed by atoms with E-state index in [-0.39, 0.29) is 5.41 Å². The van der Waals surface area contributed by atoms with E-state index in [0.717, 1.165) is 25.2 Å². The van der Waals surface area contributed by atoms with Crippen LogP contribution in [0.5, 0.6) is 0 Å². The molecule has 4 fully saturated rings. The summed E-state index contributed by atoms with van der Waals surface area (Å²) in [6, 6.07) is 0. The van der Waals surface area contributed by atoms with E-state index >= 15 is 0 Å². The van der Waals surface area contributed by atoms with E-state index in [1.807, 2.05) is 0 Å². The van der Waals surface area contributed by atoms with Crippen LogP contribution in [0.15, 0.2) is 0 Å². The third kappa shape index (κ3) is 2.49. The van der Waals surface area contributed by atoms with Crippen molar-refractivity contribution in [2.75, 3.05) is 0 Å². The van der Waals surface area contributed by atoms with Crippen molar-refractivity contribution in [1.29, 1.82) is 0 Å². The first-order chi connectivity index (χ1) is 12.3. The fourth-order valence-corrected chi connectivity index (χ4v) is 8.29. The van der Waals surface area contributed by atoms with Gasteiger partial charge in [-0.25, -0.2) is 0 Å². The highest BCUT2D eigenvalue weighted by atomic mass is 16.3. The normalized spacial score (nSPS) is 56.5. The van der Waals surface area contributed by atoms with Gasteiger partial charge in [-0.15, -0.1) is 0 Å². The Morgan fingerprint density at radius 1 is 0.962 bits per heavy atom. The fraction of sp³-hybridized carbons (Fsp3) is 1.00. The lowest BCUT2D eigenvalue weighted by Gasteiger charge is -2.65. The molecule has 4 aliphatic rings. The van der Waals surface area contributed by atoms with Gasteiger partial charge in [0.2, 0.25) is 0 Å². The van der Waals surface area contributed by atoms with E-state index in [1.54, 1.807) is 0 Å². The second-order valence-electron chi connectivity index (χ2n) is 10.8. The number of fused-ring (bicyclic) bond motifs is 5. The van der Waals surface area contributed by atoms with Gasteiger partial charge in [0, 0.05) is 11.8 Å². The Morgan fingerprint density at radius 3 is 2.46 bits per heavy atom. The predicted molar refractivity (Wildman–Crippen MR) is 104 cm³/mol. The van der Waals surface area contributed by atoms with Crippen LogP contribution in [0.2, 0.25) is 0 Å². The predicted octanol–water partition coefficient (Wildman–Crippen LogP) is 4.28. The number of hydrogen-bond donors (Lipinski definition) is 3. The quantitative estimate of drug-likeness (QED) is 0.700. The maximum absolute atomic E-state index is 11.5. The molecule has 0 saturated heterocycles. The van der Waals surface area contributed by atoms with E-state index in [4.69, 9.17) is 0 Å². The Labute approximate surface area is 159 Å². The smallest absolute Gasteiger partial charge is 0.0985 e. The van der Waals surface area contributed by atoms with Gasteiger partial charge in [-0.1, -0.05) is 33.6 Å². The van der Waals surface area contributed by atoms with Crippen LogP contribution in [0.1, 0.15) is 91.4 Å². The van der Waals surface area contributed by atoms with Gasteiger partial charge in [0.1, 0.15) is 0 Å². The molecule has 3 nitrogen and oxygen atoms in total. The summed E-state index contributed by atoms with van der Waals surface area (Å²) in [5, 5.41) is 32.7. The van der Waals surface area contributed by atoms with Crippen LogP contribution in [0.3, 0.4) is 0 Å². The summed E-state index contributed by atoms with van der Waals surface area (Å²) in [6.07, 6.45) is 10.8. The van der Waals surface area contributed by atoms with Crippen LogP contribution >= 0.6 is 0 Å². The van der Waals surface area contributed by atoms with Crippen LogP contribution in [0.4, 0.5) is 0 Å². The Balaban J connectivity index is 1.62. The fourth-order valence-electron chi connectivity index (χ4n) is 8.29. The first-order valence-electron chi connectivity index (χ1n) is 11.3. The lowest BCUT2D eigenvalue weighted by molar-refractivity contribution is -0.264. The molecular formula is C23H40O3. The Hall–Kier alpha value is -0.120. The minimum Gasteiger partial charge on any atom is -0.393 e. The van der Waals surface area contributed by atoms with Crippen LogP contribution < -0.4 is 0 Å². The first kappa shape index (κ1) is 19.2. The third-order valence-corrected chi connectivity index (χ3v) is 9.94. The zero-order valence-corrected chi connectivity index (χ0v) is 17.1. The molecule has 1 unspecified atom stereocenters. The molecule has 150 valence electrons. The molecule has 4 aliphatic carbocycles. The van der Waals surface area contributed by atoms with E-state index < -0.39 is 17.8 Å². The van der Waals surface area contributed by atoms with Crippen molar-refractivity contribution < 1.29 is 15.3 Å². The maximum Gasteiger partial charge on any atom is 0.0985 e.